The lowest BCUT2D eigenvalue weighted by atomic mass is 9.91. The zero-order valence-electron chi connectivity index (χ0n) is 18.2. The fourth-order valence-electron chi connectivity index (χ4n) is 3.76. The number of aromatic nitrogens is 1. The molecule has 1 aromatic heterocycles. The lowest BCUT2D eigenvalue weighted by molar-refractivity contribution is 0.102. The molecule has 2 aromatic carbocycles. The summed E-state index contributed by atoms with van der Waals surface area (Å²) in [5.41, 5.74) is 16.4. The Labute approximate surface area is 184 Å². The monoisotopic (exact) mass is 417 g/mol. The topological polar surface area (TPSA) is 106 Å². The molecule has 0 bridgehead atoms. The number of nitrogens with two attached hydrogens (primary N) is 2. The summed E-state index contributed by atoms with van der Waals surface area (Å²) in [5.74, 6) is -0.205. The van der Waals surface area contributed by atoms with Crippen LogP contribution < -0.4 is 22.1 Å². The summed E-state index contributed by atoms with van der Waals surface area (Å²) in [4.78, 5) is 16.8. The molecule has 0 aliphatic rings. The molecule has 6 heteroatoms. The lowest BCUT2D eigenvalue weighted by Crippen LogP contribution is -2.36. The van der Waals surface area contributed by atoms with Gasteiger partial charge in [0.2, 0.25) is 0 Å². The Morgan fingerprint density at radius 1 is 1.00 bits per heavy atom. The maximum atomic E-state index is 12.8. The largest absolute Gasteiger partial charge is 0.397 e. The Bertz CT molecular complexity index is 996. The van der Waals surface area contributed by atoms with Crippen molar-refractivity contribution in [3.05, 3.63) is 72.6 Å². The Morgan fingerprint density at radius 3 is 2.35 bits per heavy atom. The third kappa shape index (κ3) is 5.83. The second-order valence-corrected chi connectivity index (χ2v) is 8.04. The molecule has 1 unspecified atom stereocenters. The van der Waals surface area contributed by atoms with Crippen LogP contribution in [0.25, 0.3) is 11.1 Å². The molecule has 0 saturated carbocycles. The third-order valence-corrected chi connectivity index (χ3v) is 5.41. The summed E-state index contributed by atoms with van der Waals surface area (Å²) in [7, 11) is 0. The maximum Gasteiger partial charge on any atom is 0.255 e. The van der Waals surface area contributed by atoms with Crippen LogP contribution in [0.4, 0.5) is 17.1 Å². The van der Waals surface area contributed by atoms with Gasteiger partial charge in [-0.1, -0.05) is 19.4 Å². The molecule has 0 fully saturated rings. The zero-order valence-corrected chi connectivity index (χ0v) is 18.2. The maximum absolute atomic E-state index is 12.8. The van der Waals surface area contributed by atoms with E-state index in [0.717, 1.165) is 36.1 Å². The van der Waals surface area contributed by atoms with E-state index in [-0.39, 0.29) is 11.4 Å². The molecule has 162 valence electrons. The van der Waals surface area contributed by atoms with E-state index in [0.29, 0.717) is 23.5 Å². The molecule has 0 aliphatic carbocycles. The highest BCUT2D eigenvalue weighted by atomic mass is 16.1. The lowest BCUT2D eigenvalue weighted by Gasteiger charge is -2.31. The molecule has 0 aliphatic heterocycles. The van der Waals surface area contributed by atoms with Crippen molar-refractivity contribution in [2.75, 3.05) is 22.9 Å². The van der Waals surface area contributed by atoms with Crippen molar-refractivity contribution in [3.8, 4) is 11.1 Å². The summed E-state index contributed by atoms with van der Waals surface area (Å²) < 4.78 is 0. The number of nitrogen functional groups attached to an aromatic ring is 1. The summed E-state index contributed by atoms with van der Waals surface area (Å²) in [6, 6.07) is 16.9. The minimum absolute atomic E-state index is 0.0604. The van der Waals surface area contributed by atoms with Gasteiger partial charge >= 0.3 is 0 Å². The van der Waals surface area contributed by atoms with Crippen molar-refractivity contribution >= 4 is 23.0 Å². The molecular formula is C25H31N5O. The average molecular weight is 418 g/mol. The highest BCUT2D eigenvalue weighted by Gasteiger charge is 2.22. The first kappa shape index (κ1) is 22.3. The average Bonchev–Trinajstić information content (AvgIpc) is 2.76. The van der Waals surface area contributed by atoms with E-state index < -0.39 is 0 Å². The first-order valence-electron chi connectivity index (χ1n) is 10.6. The Kier molecular flexibility index (Phi) is 7.26. The van der Waals surface area contributed by atoms with Gasteiger partial charge in [0.25, 0.3) is 5.91 Å². The van der Waals surface area contributed by atoms with Gasteiger partial charge in [-0.15, -0.1) is 0 Å². The van der Waals surface area contributed by atoms with E-state index in [4.69, 9.17) is 11.5 Å². The van der Waals surface area contributed by atoms with E-state index in [1.165, 1.54) is 0 Å². The minimum Gasteiger partial charge on any atom is -0.397 e. The SMILES string of the molecule is CCCC(C)(CCN)Nc1ccc(C(=O)Nc2cc(-c3ccncc3)ccc2N)cc1. The number of rotatable bonds is 9. The molecule has 6 nitrogen and oxygen atoms in total. The normalized spacial score (nSPS) is 12.7. The van der Waals surface area contributed by atoms with Gasteiger partial charge < -0.3 is 22.1 Å². The number of hydrogen-bond donors (Lipinski definition) is 4. The van der Waals surface area contributed by atoms with E-state index in [1.807, 2.05) is 48.5 Å². The van der Waals surface area contributed by atoms with Crippen molar-refractivity contribution < 1.29 is 4.79 Å². The van der Waals surface area contributed by atoms with Gasteiger partial charge in [0.05, 0.1) is 11.4 Å². The molecule has 3 aromatic rings. The molecule has 1 heterocycles. The number of pyridine rings is 1. The van der Waals surface area contributed by atoms with Crippen LogP contribution >= 0.6 is 0 Å². The van der Waals surface area contributed by atoms with Crippen molar-refractivity contribution in [3.63, 3.8) is 0 Å². The first-order chi connectivity index (χ1) is 14.9. The van der Waals surface area contributed by atoms with Crippen LogP contribution in [0.1, 0.15) is 43.5 Å². The van der Waals surface area contributed by atoms with Crippen LogP contribution in [-0.2, 0) is 0 Å². The fraction of sp³-hybridized carbons (Fsp3) is 0.280. The summed E-state index contributed by atoms with van der Waals surface area (Å²) >= 11 is 0. The molecule has 0 radical (unpaired) electrons. The summed E-state index contributed by atoms with van der Waals surface area (Å²) in [6.07, 6.45) is 6.46. The minimum atomic E-state index is -0.205. The van der Waals surface area contributed by atoms with E-state index in [9.17, 15) is 4.79 Å². The van der Waals surface area contributed by atoms with Crippen molar-refractivity contribution in [1.29, 1.82) is 0 Å². The zero-order chi connectivity index (χ0) is 22.3. The van der Waals surface area contributed by atoms with Crippen LogP contribution in [0.15, 0.2) is 67.0 Å². The number of hydrogen-bond acceptors (Lipinski definition) is 5. The molecular weight excluding hydrogens is 386 g/mol. The third-order valence-electron chi connectivity index (χ3n) is 5.41. The molecule has 1 atom stereocenters. The number of amides is 1. The van der Waals surface area contributed by atoms with E-state index >= 15 is 0 Å². The van der Waals surface area contributed by atoms with Gasteiger partial charge in [0, 0.05) is 29.2 Å². The number of nitrogens with one attached hydrogen (secondary N) is 2. The highest BCUT2D eigenvalue weighted by Crippen LogP contribution is 2.28. The van der Waals surface area contributed by atoms with Gasteiger partial charge in [-0.2, -0.15) is 0 Å². The molecule has 6 N–H and O–H groups in total. The van der Waals surface area contributed by atoms with Crippen LogP contribution in [0.5, 0.6) is 0 Å². The number of carbonyl (C=O) groups excluding carboxylic acids is 1. The highest BCUT2D eigenvalue weighted by molar-refractivity contribution is 6.06. The van der Waals surface area contributed by atoms with Gasteiger partial charge in [-0.25, -0.2) is 0 Å². The van der Waals surface area contributed by atoms with E-state index in [2.05, 4.69) is 29.5 Å². The number of nitrogens with zero attached hydrogens (tertiary/aromatic N) is 1. The predicted molar refractivity (Wildman–Crippen MR) is 129 cm³/mol. The smallest absolute Gasteiger partial charge is 0.255 e. The quantitative estimate of drug-likeness (QED) is 0.370. The number of anilines is 3. The summed E-state index contributed by atoms with van der Waals surface area (Å²) in [6.45, 7) is 4.98. The van der Waals surface area contributed by atoms with Crippen LogP contribution in [0.3, 0.4) is 0 Å². The molecule has 3 rings (SSSR count). The second kappa shape index (κ2) is 10.1. The van der Waals surface area contributed by atoms with Gasteiger partial charge in [0.15, 0.2) is 0 Å². The predicted octanol–water partition coefficient (Wildman–Crippen LogP) is 4.90. The Hall–Kier alpha value is -3.38. The van der Waals surface area contributed by atoms with Crippen molar-refractivity contribution in [2.24, 2.45) is 5.73 Å². The van der Waals surface area contributed by atoms with Crippen molar-refractivity contribution in [1.82, 2.24) is 4.98 Å². The van der Waals surface area contributed by atoms with Crippen LogP contribution in [0, 0.1) is 0 Å². The van der Waals surface area contributed by atoms with Gasteiger partial charge in [-0.05, 0) is 86.0 Å². The Morgan fingerprint density at radius 2 is 1.71 bits per heavy atom. The molecule has 1 amide bonds. The standard InChI is InChI=1S/C25H31N5O/c1-3-12-25(2,13-14-26)30-21-7-4-19(5-8-21)24(31)29-23-17-20(6-9-22(23)27)18-10-15-28-16-11-18/h4-11,15-17,30H,3,12-14,26-27H2,1-2H3,(H,29,31). The fourth-order valence-corrected chi connectivity index (χ4v) is 3.76. The first-order valence-corrected chi connectivity index (χ1v) is 10.6. The molecule has 31 heavy (non-hydrogen) atoms. The molecule has 0 saturated heterocycles. The summed E-state index contributed by atoms with van der Waals surface area (Å²) in [5, 5.41) is 6.50. The number of benzene rings is 2. The van der Waals surface area contributed by atoms with E-state index in [1.54, 1.807) is 18.5 Å². The van der Waals surface area contributed by atoms with Crippen molar-refractivity contribution in [2.45, 2.75) is 38.6 Å². The Balaban J connectivity index is 1.73. The number of carbonyl (C=O) groups is 1. The second-order valence-electron chi connectivity index (χ2n) is 8.04. The van der Waals surface area contributed by atoms with Gasteiger partial charge in [0.1, 0.15) is 0 Å². The van der Waals surface area contributed by atoms with Crippen LogP contribution in [-0.4, -0.2) is 23.0 Å². The van der Waals surface area contributed by atoms with Gasteiger partial charge in [-0.3, -0.25) is 9.78 Å². The van der Waals surface area contributed by atoms with Crippen LogP contribution in [0.2, 0.25) is 0 Å². The molecule has 0 spiro atoms.